The maximum absolute atomic E-state index is 12.8. The number of anilines is 2. The highest BCUT2D eigenvalue weighted by Crippen LogP contribution is 2.26. The van der Waals surface area contributed by atoms with Gasteiger partial charge in [0, 0.05) is 30.5 Å². The summed E-state index contributed by atoms with van der Waals surface area (Å²) in [5.41, 5.74) is 3.09. The first-order valence-corrected chi connectivity index (χ1v) is 9.34. The summed E-state index contributed by atoms with van der Waals surface area (Å²) in [6.07, 6.45) is 2.17. The first kappa shape index (κ1) is 16.9. The Balaban J connectivity index is 1.54. The van der Waals surface area contributed by atoms with Crippen LogP contribution >= 0.6 is 0 Å². The van der Waals surface area contributed by atoms with Crippen molar-refractivity contribution in [3.8, 4) is 0 Å². The summed E-state index contributed by atoms with van der Waals surface area (Å²) in [7, 11) is 0. The highest BCUT2D eigenvalue weighted by molar-refractivity contribution is 5.86. The molecule has 1 heterocycles. The molecule has 2 fully saturated rings. The molecule has 1 unspecified atom stereocenters. The molecule has 2 N–H and O–H groups in total. The Kier molecular flexibility index (Phi) is 5.07. The van der Waals surface area contributed by atoms with Crippen molar-refractivity contribution in [2.75, 3.05) is 36.5 Å². The summed E-state index contributed by atoms with van der Waals surface area (Å²) in [5.74, 6) is 0.0375. The van der Waals surface area contributed by atoms with Crippen LogP contribution in [0.25, 0.3) is 0 Å². The molecule has 4 rings (SSSR count). The zero-order valence-corrected chi connectivity index (χ0v) is 14.9. The fraction of sp³-hybridized carbons (Fsp3) is 0.381. The quantitative estimate of drug-likeness (QED) is 0.840. The number of carbonyl (C=O) groups excluding carboxylic acids is 1. The summed E-state index contributed by atoms with van der Waals surface area (Å²) in [4.78, 5) is 15.1. The Morgan fingerprint density at radius 3 is 2.54 bits per heavy atom. The fourth-order valence-corrected chi connectivity index (χ4v) is 3.24. The average Bonchev–Trinajstić information content (AvgIpc) is 3.51. The lowest BCUT2D eigenvalue weighted by molar-refractivity contribution is -0.122. The smallest absolute Gasteiger partial charge is 0.247 e. The summed E-state index contributed by atoms with van der Waals surface area (Å²) in [6, 6.07) is 18.1. The SMILES string of the molecule is O=C(NC1CC1)C(Nc1cccc(N2CCOCC2)c1)c1ccccc1. The van der Waals surface area contributed by atoms with Crippen molar-refractivity contribution >= 4 is 17.3 Å². The maximum Gasteiger partial charge on any atom is 0.247 e. The fourth-order valence-electron chi connectivity index (χ4n) is 3.24. The summed E-state index contributed by atoms with van der Waals surface area (Å²) in [5, 5.41) is 6.56. The average molecular weight is 351 g/mol. The number of benzene rings is 2. The number of ether oxygens (including phenoxy) is 1. The molecule has 1 saturated heterocycles. The molecule has 1 amide bonds. The van der Waals surface area contributed by atoms with Crippen LogP contribution in [-0.2, 0) is 9.53 Å². The van der Waals surface area contributed by atoms with Crippen molar-refractivity contribution in [3.63, 3.8) is 0 Å². The van der Waals surface area contributed by atoms with Crippen LogP contribution in [0.1, 0.15) is 24.4 Å². The van der Waals surface area contributed by atoms with Crippen LogP contribution in [0.4, 0.5) is 11.4 Å². The van der Waals surface area contributed by atoms with Gasteiger partial charge in [0.25, 0.3) is 0 Å². The van der Waals surface area contributed by atoms with Crippen LogP contribution in [-0.4, -0.2) is 38.3 Å². The molecule has 1 saturated carbocycles. The maximum atomic E-state index is 12.8. The molecule has 2 aromatic rings. The van der Waals surface area contributed by atoms with Crippen LogP contribution in [0.2, 0.25) is 0 Å². The van der Waals surface area contributed by atoms with Gasteiger partial charge in [-0.1, -0.05) is 36.4 Å². The Morgan fingerprint density at radius 2 is 1.81 bits per heavy atom. The van der Waals surface area contributed by atoms with E-state index >= 15 is 0 Å². The van der Waals surface area contributed by atoms with Crippen LogP contribution in [0.15, 0.2) is 54.6 Å². The normalized spacial score (nSPS) is 18.2. The van der Waals surface area contributed by atoms with Crippen LogP contribution in [0.5, 0.6) is 0 Å². The molecule has 0 bridgehead atoms. The van der Waals surface area contributed by atoms with E-state index in [1.807, 2.05) is 42.5 Å². The van der Waals surface area contributed by atoms with Gasteiger partial charge in [0.2, 0.25) is 5.91 Å². The number of amides is 1. The molecule has 0 aromatic heterocycles. The molecule has 0 spiro atoms. The van der Waals surface area contributed by atoms with E-state index in [1.54, 1.807) is 0 Å². The number of hydrogen-bond donors (Lipinski definition) is 2. The third-order valence-electron chi connectivity index (χ3n) is 4.85. The van der Waals surface area contributed by atoms with Gasteiger partial charge in [0.05, 0.1) is 13.2 Å². The monoisotopic (exact) mass is 351 g/mol. The second-order valence-electron chi connectivity index (χ2n) is 6.92. The number of nitrogens with zero attached hydrogens (tertiary/aromatic N) is 1. The molecule has 1 aliphatic heterocycles. The van der Waals surface area contributed by atoms with Gasteiger partial charge in [-0.15, -0.1) is 0 Å². The number of morpholine rings is 1. The van der Waals surface area contributed by atoms with Crippen molar-refractivity contribution in [1.29, 1.82) is 0 Å². The van der Waals surface area contributed by atoms with Gasteiger partial charge in [-0.05, 0) is 36.6 Å². The van der Waals surface area contributed by atoms with Crippen molar-refractivity contribution < 1.29 is 9.53 Å². The first-order valence-electron chi connectivity index (χ1n) is 9.34. The molecule has 5 nitrogen and oxygen atoms in total. The van der Waals surface area contributed by atoms with Crippen molar-refractivity contribution in [1.82, 2.24) is 5.32 Å². The predicted molar refractivity (Wildman–Crippen MR) is 103 cm³/mol. The molecule has 1 aliphatic carbocycles. The molecule has 5 heteroatoms. The number of hydrogen-bond acceptors (Lipinski definition) is 4. The lowest BCUT2D eigenvalue weighted by atomic mass is 10.1. The lowest BCUT2D eigenvalue weighted by Gasteiger charge is -2.29. The van der Waals surface area contributed by atoms with Gasteiger partial charge in [0.1, 0.15) is 6.04 Å². The van der Waals surface area contributed by atoms with Gasteiger partial charge in [-0.3, -0.25) is 4.79 Å². The molecular weight excluding hydrogens is 326 g/mol. The van der Waals surface area contributed by atoms with E-state index in [1.165, 1.54) is 0 Å². The topological polar surface area (TPSA) is 53.6 Å². The molecule has 136 valence electrons. The highest BCUT2D eigenvalue weighted by Gasteiger charge is 2.28. The summed E-state index contributed by atoms with van der Waals surface area (Å²) >= 11 is 0. The second kappa shape index (κ2) is 7.79. The largest absolute Gasteiger partial charge is 0.378 e. The van der Waals surface area contributed by atoms with Crippen molar-refractivity contribution in [2.45, 2.75) is 24.9 Å². The minimum absolute atomic E-state index is 0.0375. The summed E-state index contributed by atoms with van der Waals surface area (Å²) < 4.78 is 5.44. The number of rotatable bonds is 6. The Hall–Kier alpha value is -2.53. The first-order chi connectivity index (χ1) is 12.8. The minimum atomic E-state index is -0.392. The van der Waals surface area contributed by atoms with Gasteiger partial charge in [-0.2, -0.15) is 0 Å². The Morgan fingerprint density at radius 1 is 1.04 bits per heavy atom. The molecule has 0 radical (unpaired) electrons. The minimum Gasteiger partial charge on any atom is -0.378 e. The third-order valence-corrected chi connectivity index (χ3v) is 4.85. The van der Waals surface area contributed by atoms with Gasteiger partial charge in [0.15, 0.2) is 0 Å². The second-order valence-corrected chi connectivity index (χ2v) is 6.92. The standard InChI is InChI=1S/C21H25N3O2/c25-21(23-17-9-10-17)20(16-5-2-1-3-6-16)22-18-7-4-8-19(15-18)24-11-13-26-14-12-24/h1-8,15,17,20,22H,9-14H2,(H,23,25). The van der Waals surface area contributed by atoms with E-state index in [0.29, 0.717) is 6.04 Å². The van der Waals surface area contributed by atoms with Crippen molar-refractivity contribution in [2.24, 2.45) is 0 Å². The van der Waals surface area contributed by atoms with Crippen LogP contribution in [0, 0.1) is 0 Å². The Labute approximate surface area is 154 Å². The predicted octanol–water partition coefficient (Wildman–Crippen LogP) is 2.96. The van der Waals surface area contributed by atoms with Gasteiger partial charge >= 0.3 is 0 Å². The molecule has 1 atom stereocenters. The van der Waals surface area contributed by atoms with E-state index in [2.05, 4.69) is 27.7 Å². The van der Waals surface area contributed by atoms with E-state index in [4.69, 9.17) is 4.74 Å². The summed E-state index contributed by atoms with van der Waals surface area (Å²) in [6.45, 7) is 3.31. The molecule has 2 aromatic carbocycles. The molecular formula is C21H25N3O2. The van der Waals surface area contributed by atoms with E-state index in [9.17, 15) is 4.79 Å². The van der Waals surface area contributed by atoms with Gasteiger partial charge < -0.3 is 20.3 Å². The lowest BCUT2D eigenvalue weighted by Crippen LogP contribution is -2.36. The number of carbonyl (C=O) groups is 1. The zero-order chi connectivity index (χ0) is 17.8. The third kappa shape index (κ3) is 4.17. The van der Waals surface area contributed by atoms with Crippen molar-refractivity contribution in [3.05, 3.63) is 60.2 Å². The van der Waals surface area contributed by atoms with Gasteiger partial charge in [-0.25, -0.2) is 0 Å². The zero-order valence-electron chi connectivity index (χ0n) is 14.9. The van der Waals surface area contributed by atoms with E-state index in [0.717, 1.165) is 56.1 Å². The number of nitrogens with one attached hydrogen (secondary N) is 2. The molecule has 2 aliphatic rings. The van der Waals surface area contributed by atoms with E-state index < -0.39 is 6.04 Å². The Bertz CT molecular complexity index is 740. The molecule has 26 heavy (non-hydrogen) atoms. The van der Waals surface area contributed by atoms with Crippen LogP contribution in [0.3, 0.4) is 0 Å². The highest BCUT2D eigenvalue weighted by atomic mass is 16.5. The van der Waals surface area contributed by atoms with Crippen LogP contribution < -0.4 is 15.5 Å². The van der Waals surface area contributed by atoms with E-state index in [-0.39, 0.29) is 5.91 Å².